The lowest BCUT2D eigenvalue weighted by atomic mass is 10.0. The van der Waals surface area contributed by atoms with Gasteiger partial charge in [-0.2, -0.15) is 0 Å². The number of amides is 3. The first-order valence-corrected chi connectivity index (χ1v) is 4.35. The smallest absolute Gasteiger partial charge is 0.284 e. The topological polar surface area (TPSA) is 138 Å². The average Bonchev–Trinajstić information content (AvgIpc) is 2.32. The Balaban J connectivity index is 2.29. The number of hydrazine groups is 2. The molecule has 84 valence electrons. The molecule has 3 amide bonds. The Morgan fingerprint density at radius 1 is 1.31 bits per heavy atom. The molecule has 2 heterocycles. The lowest BCUT2D eigenvalue weighted by molar-refractivity contribution is -0.136. The second kappa shape index (κ2) is 3.70. The van der Waals surface area contributed by atoms with Crippen LogP contribution in [0.4, 0.5) is 0 Å². The van der Waals surface area contributed by atoms with Crippen LogP contribution in [0.25, 0.3) is 0 Å². The number of carbonyl (C=O) groups is 3. The molecule has 0 aromatic rings. The van der Waals surface area contributed by atoms with Gasteiger partial charge in [0.2, 0.25) is 0 Å². The SMILES string of the molecule is NNC(=O)C1=N[C@H]2C(=O)NNC(=O)[C@@H]2N=C1. The molecule has 0 saturated carbocycles. The molecule has 5 N–H and O–H groups in total. The fraction of sp³-hybridized carbons (Fsp3) is 0.286. The largest absolute Gasteiger partial charge is 0.289 e. The summed E-state index contributed by atoms with van der Waals surface area (Å²) in [5, 5.41) is 0. The first kappa shape index (κ1) is 10.2. The van der Waals surface area contributed by atoms with E-state index in [1.54, 1.807) is 0 Å². The number of nitrogens with two attached hydrogens (primary N) is 1. The predicted octanol–water partition coefficient (Wildman–Crippen LogP) is -3.60. The molecule has 2 atom stereocenters. The van der Waals surface area contributed by atoms with Crippen molar-refractivity contribution >= 4 is 29.6 Å². The third-order valence-electron chi connectivity index (χ3n) is 2.14. The maximum Gasteiger partial charge on any atom is 0.284 e. The third kappa shape index (κ3) is 1.52. The Morgan fingerprint density at radius 2 is 1.94 bits per heavy atom. The van der Waals surface area contributed by atoms with E-state index in [4.69, 9.17) is 5.84 Å². The Morgan fingerprint density at radius 3 is 2.56 bits per heavy atom. The third-order valence-corrected chi connectivity index (χ3v) is 2.14. The first-order chi connectivity index (χ1) is 7.63. The second-order valence-electron chi connectivity index (χ2n) is 3.13. The quantitative estimate of drug-likeness (QED) is 0.207. The number of hydrogen-bond acceptors (Lipinski definition) is 6. The molecule has 0 unspecified atom stereocenters. The highest BCUT2D eigenvalue weighted by Gasteiger charge is 2.40. The van der Waals surface area contributed by atoms with Crippen molar-refractivity contribution in [3.05, 3.63) is 0 Å². The van der Waals surface area contributed by atoms with E-state index in [9.17, 15) is 14.4 Å². The highest BCUT2D eigenvalue weighted by Crippen LogP contribution is 2.11. The van der Waals surface area contributed by atoms with Gasteiger partial charge in [-0.15, -0.1) is 0 Å². The summed E-state index contributed by atoms with van der Waals surface area (Å²) < 4.78 is 0. The van der Waals surface area contributed by atoms with Gasteiger partial charge < -0.3 is 0 Å². The summed E-state index contributed by atoms with van der Waals surface area (Å²) in [7, 11) is 0. The predicted molar refractivity (Wildman–Crippen MR) is 52.1 cm³/mol. The van der Waals surface area contributed by atoms with E-state index in [0.29, 0.717) is 0 Å². The van der Waals surface area contributed by atoms with Crippen LogP contribution in [0.2, 0.25) is 0 Å². The van der Waals surface area contributed by atoms with E-state index in [0.717, 1.165) is 6.21 Å². The zero-order valence-electron chi connectivity index (χ0n) is 7.93. The first-order valence-electron chi connectivity index (χ1n) is 4.35. The highest BCUT2D eigenvalue weighted by molar-refractivity contribution is 6.61. The molecule has 0 bridgehead atoms. The van der Waals surface area contributed by atoms with Crippen LogP contribution >= 0.6 is 0 Å². The molecule has 0 radical (unpaired) electrons. The monoisotopic (exact) mass is 224 g/mol. The number of fused-ring (bicyclic) bond motifs is 1. The fourth-order valence-electron chi connectivity index (χ4n) is 1.36. The van der Waals surface area contributed by atoms with Gasteiger partial charge in [0, 0.05) is 0 Å². The van der Waals surface area contributed by atoms with Crippen molar-refractivity contribution < 1.29 is 14.4 Å². The minimum absolute atomic E-state index is 0.0893. The summed E-state index contributed by atoms with van der Waals surface area (Å²) in [6.45, 7) is 0. The molecular formula is C7H8N6O3. The molecule has 1 saturated heterocycles. The van der Waals surface area contributed by atoms with Gasteiger partial charge in [-0.1, -0.05) is 0 Å². The van der Waals surface area contributed by atoms with Crippen LogP contribution in [0.1, 0.15) is 0 Å². The average molecular weight is 224 g/mol. The minimum atomic E-state index is -1.02. The van der Waals surface area contributed by atoms with E-state index >= 15 is 0 Å². The van der Waals surface area contributed by atoms with Crippen molar-refractivity contribution in [2.24, 2.45) is 15.8 Å². The number of nitrogens with one attached hydrogen (secondary N) is 3. The van der Waals surface area contributed by atoms with Crippen molar-refractivity contribution in [2.75, 3.05) is 0 Å². The molecule has 2 aliphatic rings. The summed E-state index contributed by atoms with van der Waals surface area (Å²) in [6.07, 6.45) is 1.11. The van der Waals surface area contributed by atoms with Crippen molar-refractivity contribution in [3.63, 3.8) is 0 Å². The summed E-state index contributed by atoms with van der Waals surface area (Å²) in [6, 6.07) is -1.95. The minimum Gasteiger partial charge on any atom is -0.289 e. The van der Waals surface area contributed by atoms with Crippen molar-refractivity contribution in [1.29, 1.82) is 0 Å². The van der Waals surface area contributed by atoms with E-state index in [2.05, 4.69) is 20.8 Å². The van der Waals surface area contributed by atoms with Gasteiger partial charge in [0.05, 0.1) is 6.21 Å². The zero-order chi connectivity index (χ0) is 11.7. The van der Waals surface area contributed by atoms with Crippen LogP contribution < -0.4 is 22.1 Å². The van der Waals surface area contributed by atoms with Crippen LogP contribution in [0.15, 0.2) is 9.98 Å². The van der Waals surface area contributed by atoms with E-state index in [1.807, 2.05) is 5.43 Å². The maximum atomic E-state index is 11.4. The fourth-order valence-corrected chi connectivity index (χ4v) is 1.36. The number of aliphatic imine (C=N–C) groups is 2. The standard InChI is InChI=1S/C7H8N6O3/c8-11-5(14)2-1-9-3-4(10-2)7(16)13-12-6(3)15/h1,3-4H,8H2,(H,11,14)(H,12,15)(H,13,16)/t3-,4-/m1/s1. The molecule has 2 aliphatic heterocycles. The van der Waals surface area contributed by atoms with Gasteiger partial charge in [0.1, 0.15) is 5.71 Å². The van der Waals surface area contributed by atoms with Gasteiger partial charge in [-0.25, -0.2) is 5.84 Å². The highest BCUT2D eigenvalue weighted by atomic mass is 16.2. The number of carbonyl (C=O) groups excluding carboxylic acids is 3. The number of nitrogens with zero attached hydrogens (tertiary/aromatic N) is 2. The summed E-state index contributed by atoms with van der Waals surface area (Å²) in [4.78, 5) is 41.4. The molecule has 0 aromatic heterocycles. The summed E-state index contributed by atoms with van der Waals surface area (Å²) in [5.74, 6) is 3.25. The normalized spacial score (nSPS) is 27.4. The molecule has 9 heteroatoms. The summed E-state index contributed by atoms with van der Waals surface area (Å²) in [5.41, 5.74) is 6.04. The molecule has 0 aromatic carbocycles. The number of hydrogen-bond donors (Lipinski definition) is 4. The summed E-state index contributed by atoms with van der Waals surface area (Å²) >= 11 is 0. The molecule has 0 spiro atoms. The van der Waals surface area contributed by atoms with E-state index in [1.165, 1.54) is 0 Å². The van der Waals surface area contributed by atoms with E-state index < -0.39 is 29.8 Å². The van der Waals surface area contributed by atoms with Gasteiger partial charge in [0.15, 0.2) is 12.1 Å². The Bertz CT molecular complexity index is 428. The molecular weight excluding hydrogens is 216 g/mol. The Hall–Kier alpha value is -2.29. The van der Waals surface area contributed by atoms with Crippen LogP contribution in [0.5, 0.6) is 0 Å². The second-order valence-corrected chi connectivity index (χ2v) is 3.13. The van der Waals surface area contributed by atoms with Gasteiger partial charge in [-0.3, -0.25) is 40.6 Å². The molecule has 9 nitrogen and oxygen atoms in total. The molecule has 1 fully saturated rings. The van der Waals surface area contributed by atoms with Crippen molar-refractivity contribution in [1.82, 2.24) is 16.3 Å². The van der Waals surface area contributed by atoms with Crippen LogP contribution in [-0.4, -0.2) is 41.7 Å². The molecule has 2 rings (SSSR count). The van der Waals surface area contributed by atoms with Gasteiger partial charge >= 0.3 is 0 Å². The van der Waals surface area contributed by atoms with Gasteiger partial charge in [-0.05, 0) is 0 Å². The zero-order valence-corrected chi connectivity index (χ0v) is 7.93. The van der Waals surface area contributed by atoms with Crippen LogP contribution in [0, 0.1) is 0 Å². The van der Waals surface area contributed by atoms with Crippen molar-refractivity contribution in [3.8, 4) is 0 Å². The Labute approximate surface area is 89.1 Å². The lowest BCUT2D eigenvalue weighted by Gasteiger charge is -2.27. The Kier molecular flexibility index (Phi) is 2.37. The van der Waals surface area contributed by atoms with Crippen LogP contribution in [-0.2, 0) is 14.4 Å². The van der Waals surface area contributed by atoms with E-state index in [-0.39, 0.29) is 5.71 Å². The van der Waals surface area contributed by atoms with Crippen molar-refractivity contribution in [2.45, 2.75) is 12.1 Å². The number of rotatable bonds is 1. The molecule has 0 aliphatic carbocycles. The van der Waals surface area contributed by atoms with Crippen LogP contribution in [0.3, 0.4) is 0 Å². The maximum absolute atomic E-state index is 11.4. The van der Waals surface area contributed by atoms with Gasteiger partial charge in [0.25, 0.3) is 17.7 Å². The lowest BCUT2D eigenvalue weighted by Crippen LogP contribution is -2.62. The molecule has 16 heavy (non-hydrogen) atoms.